The van der Waals surface area contributed by atoms with Crippen molar-refractivity contribution in [1.29, 1.82) is 0 Å². The molecule has 0 atom stereocenters. The van der Waals surface area contributed by atoms with Crippen LogP contribution in [0.5, 0.6) is 5.75 Å². The number of hydrogen-bond donors (Lipinski definition) is 1. The minimum Gasteiger partial charge on any atom is -0.508 e. The van der Waals surface area contributed by atoms with Crippen LogP contribution in [0.4, 0.5) is 0 Å². The topological polar surface area (TPSA) is 46.3 Å². The second-order valence-corrected chi connectivity index (χ2v) is 6.00. The molecule has 1 heterocycles. The van der Waals surface area contributed by atoms with E-state index in [1.165, 1.54) is 5.56 Å². The van der Waals surface area contributed by atoms with Gasteiger partial charge in [-0.25, -0.2) is 4.98 Å². The highest BCUT2D eigenvalue weighted by Crippen LogP contribution is 2.29. The van der Waals surface area contributed by atoms with Crippen LogP contribution >= 0.6 is 0 Å². The molecule has 0 spiro atoms. The van der Waals surface area contributed by atoms with Gasteiger partial charge in [-0.15, -0.1) is 0 Å². The zero-order valence-electron chi connectivity index (χ0n) is 11.8. The summed E-state index contributed by atoms with van der Waals surface area (Å²) < 4.78 is 5.69. The molecule has 0 saturated heterocycles. The van der Waals surface area contributed by atoms with Crippen LogP contribution in [0.3, 0.4) is 0 Å². The molecule has 0 aliphatic carbocycles. The maximum Gasteiger partial charge on any atom is 0.227 e. The fourth-order valence-electron chi connectivity index (χ4n) is 2.15. The van der Waals surface area contributed by atoms with Gasteiger partial charge < -0.3 is 9.52 Å². The normalized spacial score (nSPS) is 11.9. The highest BCUT2D eigenvalue weighted by atomic mass is 16.3. The molecule has 3 aromatic rings. The van der Waals surface area contributed by atoms with Crippen LogP contribution < -0.4 is 0 Å². The molecule has 0 bridgehead atoms. The molecule has 3 heteroatoms. The molecule has 0 saturated carbocycles. The molecule has 0 amide bonds. The van der Waals surface area contributed by atoms with E-state index in [1.807, 2.05) is 12.1 Å². The van der Waals surface area contributed by atoms with Gasteiger partial charge in [0.15, 0.2) is 5.58 Å². The first-order valence-electron chi connectivity index (χ1n) is 6.64. The van der Waals surface area contributed by atoms with Gasteiger partial charge in [-0.2, -0.15) is 0 Å². The van der Waals surface area contributed by atoms with Crippen molar-refractivity contribution in [2.24, 2.45) is 0 Å². The van der Waals surface area contributed by atoms with E-state index in [9.17, 15) is 5.11 Å². The first kappa shape index (κ1) is 12.7. The van der Waals surface area contributed by atoms with Crippen molar-refractivity contribution < 1.29 is 9.52 Å². The van der Waals surface area contributed by atoms with Gasteiger partial charge in [-0.05, 0) is 35.2 Å². The smallest absolute Gasteiger partial charge is 0.227 e. The van der Waals surface area contributed by atoms with Gasteiger partial charge in [0.1, 0.15) is 11.3 Å². The third-order valence-electron chi connectivity index (χ3n) is 3.37. The second-order valence-electron chi connectivity index (χ2n) is 6.00. The number of fused-ring (bicyclic) bond motifs is 1. The summed E-state index contributed by atoms with van der Waals surface area (Å²) in [6, 6.07) is 13.2. The van der Waals surface area contributed by atoms with Crippen LogP contribution in [0.1, 0.15) is 26.3 Å². The summed E-state index contributed by atoms with van der Waals surface area (Å²) in [6.07, 6.45) is 0. The molecular formula is C17H17NO2. The monoisotopic (exact) mass is 267 g/mol. The Kier molecular flexibility index (Phi) is 2.78. The summed E-state index contributed by atoms with van der Waals surface area (Å²) in [7, 11) is 0. The van der Waals surface area contributed by atoms with Gasteiger partial charge in [-0.3, -0.25) is 0 Å². The molecule has 1 N–H and O–H groups in total. The summed E-state index contributed by atoms with van der Waals surface area (Å²) in [5.74, 6) is 0.759. The summed E-state index contributed by atoms with van der Waals surface area (Å²) in [5.41, 5.74) is 3.69. The van der Waals surface area contributed by atoms with E-state index in [0.717, 1.165) is 11.1 Å². The largest absolute Gasteiger partial charge is 0.508 e. The molecule has 0 unspecified atom stereocenters. The number of phenols is 1. The Morgan fingerprint density at radius 2 is 1.70 bits per heavy atom. The lowest BCUT2D eigenvalue weighted by atomic mass is 9.87. The Bertz CT molecular complexity index is 749. The Hall–Kier alpha value is -2.29. The molecule has 3 nitrogen and oxygen atoms in total. The van der Waals surface area contributed by atoms with Crippen molar-refractivity contribution in [3.63, 3.8) is 0 Å². The number of phenolic OH excluding ortho intramolecular Hbond substituents is 1. The van der Waals surface area contributed by atoms with Gasteiger partial charge in [0.2, 0.25) is 5.89 Å². The van der Waals surface area contributed by atoms with E-state index < -0.39 is 0 Å². The van der Waals surface area contributed by atoms with Crippen molar-refractivity contribution >= 4 is 11.1 Å². The SMILES string of the molecule is CC(C)(C)c1ccc(-c2nc3ccc(O)cc3o2)cc1. The first-order valence-corrected chi connectivity index (χ1v) is 6.64. The number of oxazole rings is 1. The maximum atomic E-state index is 9.45. The summed E-state index contributed by atoms with van der Waals surface area (Å²) in [4.78, 5) is 4.44. The minimum absolute atomic E-state index is 0.131. The van der Waals surface area contributed by atoms with Crippen molar-refractivity contribution in [3.8, 4) is 17.2 Å². The molecule has 0 aliphatic heterocycles. The molecule has 1 aromatic heterocycles. The van der Waals surface area contributed by atoms with Gasteiger partial charge in [0, 0.05) is 11.6 Å². The Balaban J connectivity index is 2.02. The standard InChI is InChI=1S/C17H17NO2/c1-17(2,3)12-6-4-11(5-7-12)16-18-14-9-8-13(19)10-15(14)20-16/h4-10,19H,1-3H3. The summed E-state index contributed by atoms with van der Waals surface area (Å²) >= 11 is 0. The van der Waals surface area contributed by atoms with E-state index in [-0.39, 0.29) is 11.2 Å². The average Bonchev–Trinajstić information content (AvgIpc) is 2.80. The van der Waals surface area contributed by atoms with E-state index in [2.05, 4.69) is 37.9 Å². The predicted molar refractivity (Wildman–Crippen MR) is 79.8 cm³/mol. The predicted octanol–water partition coefficient (Wildman–Crippen LogP) is 4.50. The van der Waals surface area contributed by atoms with Crippen molar-refractivity contribution in [2.75, 3.05) is 0 Å². The molecule has 2 aromatic carbocycles. The van der Waals surface area contributed by atoms with Crippen molar-refractivity contribution in [3.05, 3.63) is 48.0 Å². The van der Waals surface area contributed by atoms with Gasteiger partial charge in [0.25, 0.3) is 0 Å². The molecular weight excluding hydrogens is 250 g/mol. The van der Waals surface area contributed by atoms with Crippen LogP contribution in [-0.4, -0.2) is 10.1 Å². The fourth-order valence-corrected chi connectivity index (χ4v) is 2.15. The highest BCUT2D eigenvalue weighted by Gasteiger charge is 2.14. The Morgan fingerprint density at radius 1 is 1.00 bits per heavy atom. The lowest BCUT2D eigenvalue weighted by Gasteiger charge is -2.18. The third-order valence-corrected chi connectivity index (χ3v) is 3.37. The van der Waals surface area contributed by atoms with Crippen LogP contribution in [0, 0.1) is 0 Å². The molecule has 0 fully saturated rings. The van der Waals surface area contributed by atoms with Gasteiger partial charge in [-0.1, -0.05) is 32.9 Å². The number of aromatic nitrogens is 1. The minimum atomic E-state index is 0.131. The number of nitrogens with zero attached hydrogens (tertiary/aromatic N) is 1. The van der Waals surface area contributed by atoms with Crippen molar-refractivity contribution in [1.82, 2.24) is 4.98 Å². The third kappa shape index (κ3) is 2.27. The lowest BCUT2D eigenvalue weighted by Crippen LogP contribution is -2.10. The fraction of sp³-hybridized carbons (Fsp3) is 0.235. The van der Waals surface area contributed by atoms with E-state index in [4.69, 9.17) is 4.42 Å². The van der Waals surface area contributed by atoms with Crippen LogP contribution in [0.15, 0.2) is 46.9 Å². The number of aromatic hydroxyl groups is 1. The molecule has 0 radical (unpaired) electrons. The van der Waals surface area contributed by atoms with Crippen LogP contribution in [0.25, 0.3) is 22.6 Å². The molecule has 0 aliphatic rings. The maximum absolute atomic E-state index is 9.45. The first-order chi connectivity index (χ1) is 9.43. The molecule has 20 heavy (non-hydrogen) atoms. The van der Waals surface area contributed by atoms with Crippen LogP contribution in [-0.2, 0) is 5.41 Å². The number of hydrogen-bond acceptors (Lipinski definition) is 3. The molecule has 102 valence electrons. The number of benzene rings is 2. The zero-order valence-corrected chi connectivity index (χ0v) is 11.8. The summed E-state index contributed by atoms with van der Waals surface area (Å²) in [6.45, 7) is 6.55. The average molecular weight is 267 g/mol. The van der Waals surface area contributed by atoms with E-state index in [0.29, 0.717) is 11.5 Å². The Morgan fingerprint density at radius 3 is 2.35 bits per heavy atom. The van der Waals surface area contributed by atoms with Gasteiger partial charge >= 0.3 is 0 Å². The second kappa shape index (κ2) is 4.37. The number of rotatable bonds is 1. The summed E-state index contributed by atoms with van der Waals surface area (Å²) in [5, 5.41) is 9.45. The molecule has 3 rings (SSSR count). The quantitative estimate of drug-likeness (QED) is 0.706. The van der Waals surface area contributed by atoms with E-state index >= 15 is 0 Å². The van der Waals surface area contributed by atoms with Gasteiger partial charge in [0.05, 0.1) is 0 Å². The highest BCUT2D eigenvalue weighted by molar-refractivity contribution is 5.77. The zero-order chi connectivity index (χ0) is 14.3. The lowest BCUT2D eigenvalue weighted by molar-refractivity contribution is 0.474. The Labute approximate surface area is 117 Å². The van der Waals surface area contributed by atoms with E-state index in [1.54, 1.807) is 18.2 Å². The van der Waals surface area contributed by atoms with Crippen LogP contribution in [0.2, 0.25) is 0 Å². The van der Waals surface area contributed by atoms with Crippen molar-refractivity contribution in [2.45, 2.75) is 26.2 Å².